The van der Waals surface area contributed by atoms with Crippen LogP contribution in [0, 0.1) is 12.8 Å². The number of thiophene rings is 1. The molecule has 8 heteroatoms. The topological polar surface area (TPSA) is 0 Å². The molecule has 0 saturated heterocycles. The molecule has 1 aromatic carbocycles. The third kappa shape index (κ3) is 8.65. The summed E-state index contributed by atoms with van der Waals surface area (Å²) in [6.45, 7) is 15.2. The summed E-state index contributed by atoms with van der Waals surface area (Å²) in [5, 5.41) is 0. The fourth-order valence-electron chi connectivity index (χ4n) is 3.66. The van der Waals surface area contributed by atoms with Gasteiger partial charge in [0.05, 0.1) is 0 Å². The SMILES string of the molecule is C=C(CC)C(C)C(F)(F)C(F)(F)C(F)(F)Cc1cc(-c2ccccc2)sc1C.C=C(SC)C(/C=C\C)=C/CC. The van der Waals surface area contributed by atoms with Crippen LogP contribution in [0.25, 0.3) is 10.4 Å². The van der Waals surface area contributed by atoms with Crippen molar-refractivity contribution in [2.75, 3.05) is 6.26 Å². The first-order chi connectivity index (χ1) is 18.1. The molecule has 216 valence electrons. The molecule has 1 unspecified atom stereocenters. The number of benzene rings is 1. The van der Waals surface area contributed by atoms with Crippen molar-refractivity contribution in [3.8, 4) is 10.4 Å². The third-order valence-corrected chi connectivity index (χ3v) is 8.19. The Kier molecular flexibility index (Phi) is 13.4. The van der Waals surface area contributed by atoms with Crippen molar-refractivity contribution < 1.29 is 26.3 Å². The zero-order chi connectivity index (χ0) is 30.0. The van der Waals surface area contributed by atoms with Crippen molar-refractivity contribution in [3.63, 3.8) is 0 Å². The maximum Gasteiger partial charge on any atom is 0.372 e. The van der Waals surface area contributed by atoms with Crippen LogP contribution in [0.4, 0.5) is 26.3 Å². The first-order valence-electron chi connectivity index (χ1n) is 12.6. The number of rotatable bonds is 12. The summed E-state index contributed by atoms with van der Waals surface area (Å²) in [6.07, 6.45) is 8.00. The second kappa shape index (κ2) is 15.0. The van der Waals surface area contributed by atoms with Crippen molar-refractivity contribution in [2.45, 2.75) is 71.6 Å². The fraction of sp³-hybridized carbons (Fsp3) is 0.419. The molecule has 2 rings (SSSR count). The largest absolute Gasteiger partial charge is 0.372 e. The van der Waals surface area contributed by atoms with Gasteiger partial charge in [0.2, 0.25) is 0 Å². The molecule has 0 aliphatic rings. The van der Waals surface area contributed by atoms with E-state index in [9.17, 15) is 26.3 Å². The van der Waals surface area contributed by atoms with E-state index in [-0.39, 0.29) is 17.6 Å². The number of halogens is 6. The number of allylic oxidation sites excluding steroid dienone is 5. The van der Waals surface area contributed by atoms with Crippen molar-refractivity contribution in [2.24, 2.45) is 5.92 Å². The molecular formula is C31H38F6S2. The van der Waals surface area contributed by atoms with Gasteiger partial charge in [-0.15, -0.1) is 23.1 Å². The summed E-state index contributed by atoms with van der Waals surface area (Å²) in [5.41, 5.74) is 1.74. The molecule has 0 saturated carbocycles. The molecule has 1 atom stereocenters. The predicted molar refractivity (Wildman–Crippen MR) is 157 cm³/mol. The summed E-state index contributed by atoms with van der Waals surface area (Å²) in [6, 6.07) is 10.2. The first kappa shape index (κ1) is 34.8. The predicted octanol–water partition coefficient (Wildman–Crippen LogP) is 11.5. The van der Waals surface area contributed by atoms with Crippen LogP contribution in [0.2, 0.25) is 0 Å². The molecule has 0 bridgehead atoms. The highest BCUT2D eigenvalue weighted by Gasteiger charge is 2.72. The van der Waals surface area contributed by atoms with E-state index in [4.69, 9.17) is 0 Å². The Morgan fingerprint density at radius 1 is 1.05 bits per heavy atom. The maximum absolute atomic E-state index is 14.4. The summed E-state index contributed by atoms with van der Waals surface area (Å²) in [4.78, 5) is 2.15. The Hall–Kier alpha value is -2.19. The molecule has 39 heavy (non-hydrogen) atoms. The van der Waals surface area contributed by atoms with Crippen LogP contribution in [0.15, 0.2) is 83.8 Å². The van der Waals surface area contributed by atoms with Crippen molar-refractivity contribution in [3.05, 3.63) is 94.3 Å². The lowest BCUT2D eigenvalue weighted by molar-refractivity contribution is -0.319. The van der Waals surface area contributed by atoms with E-state index in [1.165, 1.54) is 25.5 Å². The second-order valence-electron chi connectivity index (χ2n) is 9.07. The van der Waals surface area contributed by atoms with E-state index < -0.39 is 30.1 Å². The Balaban J connectivity index is 0.000000584. The number of hydrogen-bond acceptors (Lipinski definition) is 2. The van der Waals surface area contributed by atoms with Crippen LogP contribution in [0.1, 0.15) is 51.0 Å². The monoisotopic (exact) mass is 588 g/mol. The molecular weight excluding hydrogens is 550 g/mol. The molecule has 2 aromatic rings. The van der Waals surface area contributed by atoms with Crippen LogP contribution in [-0.2, 0) is 6.42 Å². The Morgan fingerprint density at radius 2 is 1.64 bits per heavy atom. The van der Waals surface area contributed by atoms with Gasteiger partial charge in [-0.2, -0.15) is 26.3 Å². The third-order valence-electron chi connectivity index (χ3n) is 6.32. The summed E-state index contributed by atoms with van der Waals surface area (Å²) in [7, 11) is 0. The highest BCUT2D eigenvalue weighted by molar-refractivity contribution is 8.02. The molecule has 0 aliphatic carbocycles. The van der Waals surface area contributed by atoms with E-state index in [2.05, 4.69) is 38.5 Å². The molecule has 1 heterocycles. The number of hydrogen-bond donors (Lipinski definition) is 0. The summed E-state index contributed by atoms with van der Waals surface area (Å²) in [5.74, 6) is -17.4. The minimum atomic E-state index is -5.52. The van der Waals surface area contributed by atoms with Gasteiger partial charge in [-0.25, -0.2) is 0 Å². The Morgan fingerprint density at radius 3 is 2.13 bits per heavy atom. The lowest BCUT2D eigenvalue weighted by Crippen LogP contribution is -2.58. The number of alkyl halides is 6. The minimum Gasteiger partial charge on any atom is -0.199 e. The molecule has 1 aromatic heterocycles. The molecule has 0 nitrogen and oxygen atoms in total. The standard InChI is InChI=1S/C21H22F6S.C10H16S/c1-5-13(2)14(3)20(24,25)21(26,27)19(22,23)12-17-11-18(28-15(17)4)16-9-7-6-8-10-16;1-5-7-10(8-6-2)9(3)11-4/h6-11,14H,2,5,12H2,1,3-4H3;5,7-8H,3,6H2,1-2,4H3/b;7-5-,10-8+. The lowest BCUT2D eigenvalue weighted by Gasteiger charge is -2.36. The van der Waals surface area contributed by atoms with Crippen LogP contribution in [0.5, 0.6) is 0 Å². The van der Waals surface area contributed by atoms with Crippen LogP contribution < -0.4 is 0 Å². The second-order valence-corrected chi connectivity index (χ2v) is 11.2. The van der Waals surface area contributed by atoms with E-state index in [1.54, 1.807) is 42.1 Å². The zero-order valence-electron chi connectivity index (χ0n) is 23.4. The van der Waals surface area contributed by atoms with Crippen LogP contribution >= 0.6 is 23.1 Å². The first-order valence-corrected chi connectivity index (χ1v) is 14.7. The normalized spacial score (nSPS) is 13.7. The molecule has 0 aliphatic heterocycles. The average Bonchev–Trinajstić information content (AvgIpc) is 3.26. The van der Waals surface area contributed by atoms with Gasteiger partial charge >= 0.3 is 17.8 Å². The van der Waals surface area contributed by atoms with E-state index in [1.807, 2.05) is 13.0 Å². The highest BCUT2D eigenvalue weighted by Crippen LogP contribution is 2.52. The van der Waals surface area contributed by atoms with E-state index >= 15 is 0 Å². The van der Waals surface area contributed by atoms with Crippen molar-refractivity contribution in [1.29, 1.82) is 0 Å². The molecule has 0 fully saturated rings. The van der Waals surface area contributed by atoms with Gasteiger partial charge in [0, 0.05) is 27.0 Å². The van der Waals surface area contributed by atoms with E-state index in [0.717, 1.165) is 35.1 Å². The summed E-state index contributed by atoms with van der Waals surface area (Å²) >= 11 is 2.86. The van der Waals surface area contributed by atoms with Gasteiger partial charge in [0.1, 0.15) is 0 Å². The minimum absolute atomic E-state index is 0.00246. The molecule has 0 radical (unpaired) electrons. The lowest BCUT2D eigenvalue weighted by atomic mass is 9.85. The zero-order valence-corrected chi connectivity index (χ0v) is 25.0. The van der Waals surface area contributed by atoms with Crippen LogP contribution in [-0.4, -0.2) is 24.0 Å². The smallest absolute Gasteiger partial charge is 0.199 e. The molecule has 0 amide bonds. The van der Waals surface area contributed by atoms with Gasteiger partial charge in [-0.05, 0) is 55.7 Å². The van der Waals surface area contributed by atoms with Gasteiger partial charge in [0.25, 0.3) is 0 Å². The highest BCUT2D eigenvalue weighted by atomic mass is 32.2. The number of thioether (sulfide) groups is 1. The summed E-state index contributed by atoms with van der Waals surface area (Å²) < 4.78 is 86.2. The molecule has 0 N–H and O–H groups in total. The molecule has 0 spiro atoms. The maximum atomic E-state index is 14.4. The fourth-order valence-corrected chi connectivity index (χ4v) is 5.09. The van der Waals surface area contributed by atoms with Gasteiger partial charge in [-0.1, -0.05) is 88.1 Å². The van der Waals surface area contributed by atoms with Gasteiger partial charge in [0.15, 0.2) is 0 Å². The van der Waals surface area contributed by atoms with Crippen LogP contribution in [0.3, 0.4) is 0 Å². The van der Waals surface area contributed by atoms with Crippen molar-refractivity contribution in [1.82, 2.24) is 0 Å². The van der Waals surface area contributed by atoms with Gasteiger partial charge in [-0.3, -0.25) is 0 Å². The average molecular weight is 589 g/mol. The van der Waals surface area contributed by atoms with Gasteiger partial charge < -0.3 is 0 Å². The Labute approximate surface area is 237 Å². The Bertz CT molecular complexity index is 1140. The quantitative estimate of drug-likeness (QED) is 0.135. The van der Waals surface area contributed by atoms with Crippen molar-refractivity contribution >= 4 is 23.1 Å². The van der Waals surface area contributed by atoms with E-state index in [0.29, 0.717) is 9.75 Å². The number of aryl methyl sites for hydroxylation is 1.